The molecule has 0 bridgehead atoms. The molecule has 1 saturated carbocycles. The van der Waals surface area contributed by atoms with Gasteiger partial charge in [-0.1, -0.05) is 20.3 Å². The Bertz CT molecular complexity index is 398. The molecule has 0 spiro atoms. The Kier molecular flexibility index (Phi) is 5.62. The van der Waals surface area contributed by atoms with Crippen LogP contribution in [0.2, 0.25) is 0 Å². The maximum absolute atomic E-state index is 6.15. The molecule has 4 nitrogen and oxygen atoms in total. The topological polar surface area (TPSA) is 47.0 Å². The summed E-state index contributed by atoms with van der Waals surface area (Å²) in [7, 11) is 0. The quantitative estimate of drug-likeness (QED) is 0.858. The molecule has 0 radical (unpaired) electrons. The van der Waals surface area contributed by atoms with Crippen LogP contribution in [0.5, 0.6) is 5.88 Å². The number of nitrogens with zero attached hydrogens (tertiary/aromatic N) is 2. The minimum absolute atomic E-state index is 0.308. The maximum Gasteiger partial charge on any atom is 0.219 e. The van der Waals surface area contributed by atoms with E-state index in [9.17, 15) is 0 Å². The van der Waals surface area contributed by atoms with Crippen LogP contribution in [0.3, 0.4) is 0 Å². The lowest BCUT2D eigenvalue weighted by Crippen LogP contribution is -2.28. The summed E-state index contributed by atoms with van der Waals surface area (Å²) < 4.78 is 6.15. The fraction of sp³-hybridized carbons (Fsp3) is 0.750. The van der Waals surface area contributed by atoms with Crippen LogP contribution in [0.4, 0.5) is 5.82 Å². The monoisotopic (exact) mass is 277 g/mol. The Labute approximate surface area is 122 Å². The number of nitrogens with one attached hydrogen (secondary N) is 1. The fourth-order valence-electron chi connectivity index (χ4n) is 2.75. The highest BCUT2D eigenvalue weighted by atomic mass is 16.5. The van der Waals surface area contributed by atoms with Gasteiger partial charge in [0.15, 0.2) is 0 Å². The van der Waals surface area contributed by atoms with E-state index in [4.69, 9.17) is 4.74 Å². The molecule has 112 valence electrons. The van der Waals surface area contributed by atoms with Gasteiger partial charge in [0.2, 0.25) is 5.88 Å². The molecule has 1 N–H and O–H groups in total. The molecule has 1 aromatic rings. The van der Waals surface area contributed by atoms with Crippen molar-refractivity contribution >= 4 is 5.82 Å². The van der Waals surface area contributed by atoms with Gasteiger partial charge in [-0.05, 0) is 38.5 Å². The van der Waals surface area contributed by atoms with E-state index in [0.29, 0.717) is 12.0 Å². The van der Waals surface area contributed by atoms with Crippen molar-refractivity contribution in [1.29, 1.82) is 0 Å². The Morgan fingerprint density at radius 1 is 1.25 bits per heavy atom. The zero-order chi connectivity index (χ0) is 14.4. The zero-order valence-electron chi connectivity index (χ0n) is 13.0. The molecule has 2 unspecified atom stereocenters. The summed E-state index contributed by atoms with van der Waals surface area (Å²) in [5.74, 6) is 3.11. The van der Waals surface area contributed by atoms with Gasteiger partial charge in [-0.25, -0.2) is 4.98 Å². The van der Waals surface area contributed by atoms with Gasteiger partial charge in [0, 0.05) is 19.0 Å². The lowest BCUT2D eigenvalue weighted by atomic mass is 9.88. The number of rotatable bonds is 6. The van der Waals surface area contributed by atoms with Gasteiger partial charge >= 0.3 is 0 Å². The predicted molar refractivity (Wildman–Crippen MR) is 82.2 cm³/mol. The van der Waals surface area contributed by atoms with Crippen molar-refractivity contribution in [2.75, 3.05) is 11.9 Å². The molecular weight excluding hydrogens is 250 g/mol. The van der Waals surface area contributed by atoms with Crippen molar-refractivity contribution in [3.05, 3.63) is 11.9 Å². The third-order valence-corrected chi connectivity index (χ3v) is 3.89. The summed E-state index contributed by atoms with van der Waals surface area (Å²) in [6.45, 7) is 7.36. The minimum Gasteiger partial charge on any atom is -0.474 e. The van der Waals surface area contributed by atoms with E-state index in [2.05, 4.69) is 36.1 Å². The summed E-state index contributed by atoms with van der Waals surface area (Å²) in [5.41, 5.74) is 0. The molecule has 1 aliphatic rings. The first-order valence-electron chi connectivity index (χ1n) is 8.01. The van der Waals surface area contributed by atoms with Crippen LogP contribution >= 0.6 is 0 Å². The molecule has 1 aliphatic carbocycles. The van der Waals surface area contributed by atoms with Crippen LogP contribution in [0.1, 0.15) is 58.7 Å². The number of aryl methyl sites for hydroxylation is 1. The first-order chi connectivity index (χ1) is 9.72. The number of ether oxygens (including phenoxy) is 1. The van der Waals surface area contributed by atoms with Crippen molar-refractivity contribution < 1.29 is 4.74 Å². The SMILES string of the molecule is CCCc1nc(NCC)cc(OC2CCCCC2C)n1. The van der Waals surface area contributed by atoms with Gasteiger partial charge in [0.05, 0.1) is 0 Å². The van der Waals surface area contributed by atoms with Gasteiger partial charge in [-0.3, -0.25) is 0 Å². The van der Waals surface area contributed by atoms with Crippen molar-refractivity contribution in [1.82, 2.24) is 9.97 Å². The van der Waals surface area contributed by atoms with Crippen LogP contribution < -0.4 is 10.1 Å². The average Bonchev–Trinajstić information content (AvgIpc) is 2.42. The van der Waals surface area contributed by atoms with Crippen LogP contribution in [0.15, 0.2) is 6.07 Å². The smallest absolute Gasteiger partial charge is 0.219 e. The molecule has 0 aliphatic heterocycles. The van der Waals surface area contributed by atoms with E-state index in [-0.39, 0.29) is 0 Å². The van der Waals surface area contributed by atoms with Gasteiger partial charge in [0.25, 0.3) is 0 Å². The van der Waals surface area contributed by atoms with E-state index in [1.807, 2.05) is 6.07 Å². The van der Waals surface area contributed by atoms with E-state index in [0.717, 1.165) is 43.3 Å². The molecule has 2 atom stereocenters. The number of hydrogen-bond donors (Lipinski definition) is 1. The number of hydrogen-bond acceptors (Lipinski definition) is 4. The lowest BCUT2D eigenvalue weighted by molar-refractivity contribution is 0.0972. The highest BCUT2D eigenvalue weighted by molar-refractivity contribution is 5.38. The average molecular weight is 277 g/mol. The van der Waals surface area contributed by atoms with E-state index in [1.165, 1.54) is 19.3 Å². The fourth-order valence-corrected chi connectivity index (χ4v) is 2.75. The summed E-state index contributed by atoms with van der Waals surface area (Å²) in [5, 5.41) is 3.26. The second-order valence-corrected chi connectivity index (χ2v) is 5.71. The Hall–Kier alpha value is -1.32. The van der Waals surface area contributed by atoms with Crippen LogP contribution in [0, 0.1) is 5.92 Å². The number of anilines is 1. The first-order valence-corrected chi connectivity index (χ1v) is 8.01. The standard InChI is InChI=1S/C16H27N3O/c1-4-8-14-18-15(17-5-2)11-16(19-14)20-13-10-7-6-9-12(13)3/h11-13H,4-10H2,1-3H3,(H,17,18,19). The van der Waals surface area contributed by atoms with Crippen LogP contribution in [-0.2, 0) is 6.42 Å². The molecular formula is C16H27N3O. The minimum atomic E-state index is 0.308. The Morgan fingerprint density at radius 3 is 2.75 bits per heavy atom. The van der Waals surface area contributed by atoms with E-state index < -0.39 is 0 Å². The molecule has 1 heterocycles. The molecule has 1 aromatic heterocycles. The summed E-state index contributed by atoms with van der Waals surface area (Å²) in [4.78, 5) is 9.08. The van der Waals surface area contributed by atoms with Crippen molar-refractivity contribution in [3.8, 4) is 5.88 Å². The van der Waals surface area contributed by atoms with Crippen LogP contribution in [-0.4, -0.2) is 22.6 Å². The second-order valence-electron chi connectivity index (χ2n) is 5.71. The van der Waals surface area contributed by atoms with Crippen LogP contribution in [0.25, 0.3) is 0 Å². The molecule has 0 saturated heterocycles. The Balaban J connectivity index is 2.12. The molecule has 0 amide bonds. The highest BCUT2D eigenvalue weighted by Crippen LogP contribution is 2.28. The Morgan fingerprint density at radius 2 is 2.05 bits per heavy atom. The molecule has 2 rings (SSSR count). The highest BCUT2D eigenvalue weighted by Gasteiger charge is 2.23. The lowest BCUT2D eigenvalue weighted by Gasteiger charge is -2.29. The van der Waals surface area contributed by atoms with Gasteiger partial charge < -0.3 is 10.1 Å². The van der Waals surface area contributed by atoms with E-state index in [1.54, 1.807) is 0 Å². The van der Waals surface area contributed by atoms with Crippen molar-refractivity contribution in [3.63, 3.8) is 0 Å². The molecule has 0 aromatic carbocycles. The molecule has 1 fully saturated rings. The number of aromatic nitrogens is 2. The third-order valence-electron chi connectivity index (χ3n) is 3.89. The van der Waals surface area contributed by atoms with Gasteiger partial charge in [-0.15, -0.1) is 0 Å². The predicted octanol–water partition coefficient (Wildman–Crippen LogP) is 3.82. The summed E-state index contributed by atoms with van der Waals surface area (Å²) in [6, 6.07) is 1.93. The molecule has 4 heteroatoms. The summed E-state index contributed by atoms with van der Waals surface area (Å²) >= 11 is 0. The third kappa shape index (κ3) is 4.09. The van der Waals surface area contributed by atoms with Crippen molar-refractivity contribution in [2.45, 2.75) is 65.4 Å². The normalized spacial score (nSPS) is 22.6. The summed E-state index contributed by atoms with van der Waals surface area (Å²) in [6.07, 6.45) is 7.26. The largest absolute Gasteiger partial charge is 0.474 e. The zero-order valence-corrected chi connectivity index (χ0v) is 13.0. The first kappa shape index (κ1) is 15.1. The van der Waals surface area contributed by atoms with Crippen molar-refractivity contribution in [2.24, 2.45) is 5.92 Å². The van der Waals surface area contributed by atoms with E-state index >= 15 is 0 Å². The maximum atomic E-state index is 6.15. The van der Waals surface area contributed by atoms with Gasteiger partial charge in [-0.2, -0.15) is 4.98 Å². The molecule has 20 heavy (non-hydrogen) atoms. The van der Waals surface area contributed by atoms with Gasteiger partial charge in [0.1, 0.15) is 17.7 Å². The second kappa shape index (κ2) is 7.46.